The molecule has 3 N–H and O–H groups in total. The Kier molecular flexibility index (Phi) is 5.56. The highest BCUT2D eigenvalue weighted by Crippen LogP contribution is 2.26. The first-order valence-corrected chi connectivity index (χ1v) is 8.51. The Labute approximate surface area is 144 Å². The lowest BCUT2D eigenvalue weighted by Crippen LogP contribution is -2.26. The Morgan fingerprint density at radius 2 is 2.04 bits per heavy atom. The van der Waals surface area contributed by atoms with Crippen molar-refractivity contribution in [2.24, 2.45) is 0 Å². The van der Waals surface area contributed by atoms with Gasteiger partial charge >= 0.3 is 0 Å². The van der Waals surface area contributed by atoms with Gasteiger partial charge in [-0.1, -0.05) is 6.92 Å². The van der Waals surface area contributed by atoms with Crippen LogP contribution < -0.4 is 10.6 Å². The number of aryl methyl sites for hydroxylation is 2. The highest BCUT2D eigenvalue weighted by molar-refractivity contribution is 7.11. The summed E-state index contributed by atoms with van der Waals surface area (Å²) in [5.41, 5.74) is 1.48. The predicted octanol–water partition coefficient (Wildman–Crippen LogP) is 3.31. The van der Waals surface area contributed by atoms with Crippen LogP contribution in [0.25, 0.3) is 0 Å². The molecule has 0 bridgehead atoms. The van der Waals surface area contributed by atoms with Gasteiger partial charge in [0.2, 0.25) is 5.91 Å². The Bertz CT molecular complexity index is 770. The number of aromatic nitrogens is 1. The van der Waals surface area contributed by atoms with E-state index in [1.54, 1.807) is 13.0 Å². The smallest absolute Gasteiger partial charge is 0.255 e. The van der Waals surface area contributed by atoms with E-state index >= 15 is 0 Å². The second-order valence-electron chi connectivity index (χ2n) is 5.51. The quantitative estimate of drug-likeness (QED) is 0.724. The summed E-state index contributed by atoms with van der Waals surface area (Å²) >= 11 is 1.53. The fourth-order valence-electron chi connectivity index (χ4n) is 2.33. The van der Waals surface area contributed by atoms with Crippen LogP contribution in [0.3, 0.4) is 0 Å². The fraction of sp³-hybridized carbons (Fsp3) is 0.353. The van der Waals surface area contributed by atoms with Crippen molar-refractivity contribution in [1.29, 1.82) is 0 Å². The zero-order valence-corrected chi connectivity index (χ0v) is 15.0. The van der Waals surface area contributed by atoms with Gasteiger partial charge in [0.25, 0.3) is 5.91 Å². The van der Waals surface area contributed by atoms with Crippen LogP contribution in [0.5, 0.6) is 5.75 Å². The second-order valence-corrected chi connectivity index (χ2v) is 6.75. The number of carbonyl (C=O) groups excluding carboxylic acids is 2. The molecule has 2 rings (SSSR count). The van der Waals surface area contributed by atoms with Crippen LogP contribution in [0, 0.1) is 13.8 Å². The molecule has 1 heterocycles. The molecule has 0 fully saturated rings. The number of phenolic OH excluding ortho intramolecular Hbond substituents is 1. The van der Waals surface area contributed by atoms with Crippen LogP contribution in [0.4, 0.5) is 5.69 Å². The molecule has 7 heteroatoms. The molecule has 0 aliphatic carbocycles. The number of rotatable bonds is 5. The molecule has 1 aromatic carbocycles. The SMILES string of the molecule is CCC(=O)Nc1ccc(O)c(C(=O)N[C@@H](C)c2sc(C)nc2C)c1. The zero-order valence-electron chi connectivity index (χ0n) is 14.1. The standard InChI is InChI=1S/C17H21N3O3S/c1-5-15(22)20-12-6-7-14(21)13(8-12)17(23)19-10(3)16-9(2)18-11(4)24-16/h6-8,10,21H,5H2,1-4H3,(H,19,23)(H,20,22)/t10-/m0/s1. The number of nitrogens with zero attached hydrogens (tertiary/aromatic N) is 1. The molecule has 0 saturated carbocycles. The van der Waals surface area contributed by atoms with E-state index in [9.17, 15) is 14.7 Å². The Morgan fingerprint density at radius 3 is 2.62 bits per heavy atom. The minimum absolute atomic E-state index is 0.120. The number of carbonyl (C=O) groups is 2. The Morgan fingerprint density at radius 1 is 1.33 bits per heavy atom. The van der Waals surface area contributed by atoms with Crippen molar-refractivity contribution in [3.63, 3.8) is 0 Å². The fourth-order valence-corrected chi connectivity index (χ4v) is 3.26. The normalized spacial score (nSPS) is 11.8. The van der Waals surface area contributed by atoms with E-state index in [0.29, 0.717) is 12.1 Å². The predicted molar refractivity (Wildman–Crippen MR) is 94.5 cm³/mol. The molecule has 0 spiro atoms. The average Bonchev–Trinajstić information content (AvgIpc) is 2.87. The first-order chi connectivity index (χ1) is 11.3. The molecule has 6 nitrogen and oxygen atoms in total. The molecule has 0 radical (unpaired) electrons. The van der Waals surface area contributed by atoms with Crippen LogP contribution in [0.15, 0.2) is 18.2 Å². The van der Waals surface area contributed by atoms with Crippen LogP contribution in [-0.4, -0.2) is 21.9 Å². The molecule has 2 aromatic rings. The van der Waals surface area contributed by atoms with Gasteiger partial charge in [0.1, 0.15) is 5.75 Å². The number of hydrogen-bond acceptors (Lipinski definition) is 5. The van der Waals surface area contributed by atoms with E-state index in [1.807, 2.05) is 20.8 Å². The summed E-state index contributed by atoms with van der Waals surface area (Å²) in [4.78, 5) is 29.3. The lowest BCUT2D eigenvalue weighted by atomic mass is 10.1. The summed E-state index contributed by atoms with van der Waals surface area (Å²) in [5, 5.41) is 16.4. The Hall–Kier alpha value is -2.41. The summed E-state index contributed by atoms with van der Waals surface area (Å²) < 4.78 is 0. The van der Waals surface area contributed by atoms with Gasteiger partial charge in [0, 0.05) is 17.0 Å². The maximum absolute atomic E-state index is 12.5. The van der Waals surface area contributed by atoms with E-state index < -0.39 is 5.91 Å². The summed E-state index contributed by atoms with van der Waals surface area (Å²) in [6.45, 7) is 7.43. The first kappa shape index (κ1) is 17.9. The molecule has 1 atom stereocenters. The van der Waals surface area contributed by atoms with Crippen molar-refractivity contribution in [2.75, 3.05) is 5.32 Å². The number of nitrogens with one attached hydrogen (secondary N) is 2. The van der Waals surface area contributed by atoms with Crippen molar-refractivity contribution >= 4 is 28.8 Å². The molecule has 128 valence electrons. The van der Waals surface area contributed by atoms with Gasteiger partial charge in [-0.2, -0.15) is 0 Å². The molecule has 0 saturated heterocycles. The van der Waals surface area contributed by atoms with Gasteiger partial charge in [-0.15, -0.1) is 11.3 Å². The van der Waals surface area contributed by atoms with Gasteiger partial charge in [0.15, 0.2) is 0 Å². The van der Waals surface area contributed by atoms with Crippen LogP contribution >= 0.6 is 11.3 Å². The number of phenols is 1. The number of benzene rings is 1. The third kappa shape index (κ3) is 4.11. The average molecular weight is 347 g/mol. The molecular weight excluding hydrogens is 326 g/mol. The van der Waals surface area contributed by atoms with Gasteiger partial charge in [-0.05, 0) is 39.0 Å². The minimum atomic E-state index is -0.405. The molecule has 1 aromatic heterocycles. The summed E-state index contributed by atoms with van der Waals surface area (Å²) in [5.74, 6) is -0.694. The van der Waals surface area contributed by atoms with Gasteiger partial charge in [-0.25, -0.2) is 4.98 Å². The number of anilines is 1. The van der Waals surface area contributed by atoms with E-state index in [4.69, 9.17) is 0 Å². The first-order valence-electron chi connectivity index (χ1n) is 7.69. The second kappa shape index (κ2) is 7.44. The lowest BCUT2D eigenvalue weighted by Gasteiger charge is -2.14. The van der Waals surface area contributed by atoms with Crippen molar-refractivity contribution in [3.05, 3.63) is 39.3 Å². The molecular formula is C17H21N3O3S. The van der Waals surface area contributed by atoms with Crippen molar-refractivity contribution in [1.82, 2.24) is 10.3 Å². The summed E-state index contributed by atoms with van der Waals surface area (Å²) in [6.07, 6.45) is 0.337. The van der Waals surface area contributed by atoms with Crippen LogP contribution in [0.2, 0.25) is 0 Å². The van der Waals surface area contributed by atoms with Crippen molar-refractivity contribution in [3.8, 4) is 5.75 Å². The van der Waals surface area contributed by atoms with E-state index in [0.717, 1.165) is 15.6 Å². The van der Waals surface area contributed by atoms with E-state index in [-0.39, 0.29) is 23.3 Å². The van der Waals surface area contributed by atoms with Gasteiger partial charge in [-0.3, -0.25) is 9.59 Å². The zero-order chi connectivity index (χ0) is 17.9. The largest absolute Gasteiger partial charge is 0.507 e. The highest BCUT2D eigenvalue weighted by atomic mass is 32.1. The maximum Gasteiger partial charge on any atom is 0.255 e. The summed E-state index contributed by atoms with van der Waals surface area (Å²) in [7, 11) is 0. The number of hydrogen-bond donors (Lipinski definition) is 3. The van der Waals surface area contributed by atoms with Crippen molar-refractivity contribution in [2.45, 2.75) is 40.2 Å². The van der Waals surface area contributed by atoms with E-state index in [2.05, 4.69) is 15.6 Å². The number of thiazole rings is 1. The molecule has 0 aliphatic rings. The number of aromatic hydroxyl groups is 1. The third-order valence-corrected chi connectivity index (χ3v) is 4.78. The van der Waals surface area contributed by atoms with Crippen LogP contribution in [-0.2, 0) is 4.79 Å². The monoisotopic (exact) mass is 347 g/mol. The molecule has 2 amide bonds. The molecule has 0 aliphatic heterocycles. The summed E-state index contributed by atoms with van der Waals surface area (Å²) in [6, 6.07) is 4.19. The minimum Gasteiger partial charge on any atom is -0.507 e. The lowest BCUT2D eigenvalue weighted by molar-refractivity contribution is -0.115. The molecule has 0 unspecified atom stereocenters. The molecule has 24 heavy (non-hydrogen) atoms. The number of amides is 2. The van der Waals surface area contributed by atoms with Gasteiger partial charge in [0.05, 0.1) is 22.3 Å². The Balaban J connectivity index is 2.18. The van der Waals surface area contributed by atoms with E-state index in [1.165, 1.54) is 23.5 Å². The van der Waals surface area contributed by atoms with Crippen molar-refractivity contribution < 1.29 is 14.7 Å². The van der Waals surface area contributed by atoms with Gasteiger partial charge < -0.3 is 15.7 Å². The highest BCUT2D eigenvalue weighted by Gasteiger charge is 2.19. The topological polar surface area (TPSA) is 91.3 Å². The maximum atomic E-state index is 12.5. The third-order valence-electron chi connectivity index (χ3n) is 3.53. The van der Waals surface area contributed by atoms with Crippen LogP contribution in [0.1, 0.15) is 52.2 Å².